The molecule has 2 aromatic heterocycles. The summed E-state index contributed by atoms with van der Waals surface area (Å²) in [5, 5.41) is 17.3. The average molecular weight is 362 g/mol. The molecule has 140 valence electrons. The van der Waals surface area contributed by atoms with Crippen LogP contribution in [0.1, 0.15) is 38.3 Å². The third-order valence-corrected chi connectivity index (χ3v) is 5.61. The molecule has 0 saturated heterocycles. The fourth-order valence-corrected chi connectivity index (χ4v) is 4.39. The molecule has 0 spiro atoms. The lowest BCUT2D eigenvalue weighted by Gasteiger charge is -2.32. The summed E-state index contributed by atoms with van der Waals surface area (Å²) in [5.74, 6) is 0.592. The van der Waals surface area contributed by atoms with Gasteiger partial charge in [-0.15, -0.1) is 5.10 Å². The van der Waals surface area contributed by atoms with Crippen molar-refractivity contribution in [2.24, 2.45) is 5.92 Å². The van der Waals surface area contributed by atoms with Crippen LogP contribution in [0.2, 0.25) is 0 Å². The molecule has 0 bridgehead atoms. The smallest absolute Gasteiger partial charge is 0.132 e. The van der Waals surface area contributed by atoms with Crippen LogP contribution in [0, 0.1) is 5.92 Å². The van der Waals surface area contributed by atoms with E-state index in [9.17, 15) is 0 Å². The van der Waals surface area contributed by atoms with Crippen LogP contribution in [0.25, 0.3) is 21.9 Å². The normalized spacial score (nSPS) is 16.2. The maximum atomic E-state index is 7.00. The summed E-state index contributed by atoms with van der Waals surface area (Å²) in [6, 6.07) is 19.1. The predicted molar refractivity (Wildman–Crippen MR) is 109 cm³/mol. The summed E-state index contributed by atoms with van der Waals surface area (Å²) in [6.45, 7) is 0. The van der Waals surface area contributed by atoms with Crippen LogP contribution in [0.15, 0.2) is 60.8 Å². The molecule has 1 aliphatic rings. The van der Waals surface area contributed by atoms with Crippen LogP contribution in [0.5, 0.6) is 0 Å². The van der Waals surface area contributed by atoms with Crippen LogP contribution in [-0.4, -0.2) is 31.8 Å². The molecule has 0 aliphatic heterocycles. The Hall–Kier alpha value is -2.66. The number of hydrogen-bond donors (Lipinski definition) is 1. The summed E-state index contributed by atoms with van der Waals surface area (Å²) in [5.41, 5.74) is 3.37. The first-order valence-electron chi connectivity index (χ1n) is 9.72. The molecule has 1 N–H and O–H groups in total. The standard InChI is InChI=1S/C21H22N4.CH4O/c1-2-9-17(10-3-1)21(24-15-14-16-8-4-6-12-19(16)24)25-20-13-7-5-11-18(20)22-23-25;1-2/h4-8,11-15,17,21H,1-3,9-10H2;2H,1H3. The summed E-state index contributed by atoms with van der Waals surface area (Å²) in [6.07, 6.45) is 8.90. The molecule has 0 amide bonds. The van der Waals surface area contributed by atoms with Crippen LogP contribution in [-0.2, 0) is 0 Å². The summed E-state index contributed by atoms with van der Waals surface area (Å²) < 4.78 is 4.56. The van der Waals surface area contributed by atoms with Crippen molar-refractivity contribution in [1.82, 2.24) is 19.6 Å². The maximum Gasteiger partial charge on any atom is 0.132 e. The minimum atomic E-state index is 0.188. The van der Waals surface area contributed by atoms with E-state index >= 15 is 0 Å². The number of benzene rings is 2. The Balaban J connectivity index is 0.000000872. The van der Waals surface area contributed by atoms with Gasteiger partial charge in [-0.3, -0.25) is 0 Å². The van der Waals surface area contributed by atoms with Gasteiger partial charge in [0.1, 0.15) is 11.7 Å². The third-order valence-electron chi connectivity index (χ3n) is 5.61. The summed E-state index contributed by atoms with van der Waals surface area (Å²) in [4.78, 5) is 0. The van der Waals surface area contributed by atoms with Crippen molar-refractivity contribution in [2.45, 2.75) is 38.3 Å². The Morgan fingerprint density at radius 3 is 2.41 bits per heavy atom. The zero-order chi connectivity index (χ0) is 18.6. The zero-order valence-corrected chi connectivity index (χ0v) is 15.7. The van der Waals surface area contributed by atoms with E-state index in [0.29, 0.717) is 5.92 Å². The maximum absolute atomic E-state index is 7.00. The number of fused-ring (bicyclic) bond motifs is 2. The molecule has 0 radical (unpaired) electrons. The van der Waals surface area contributed by atoms with Gasteiger partial charge in [0.25, 0.3) is 0 Å². The van der Waals surface area contributed by atoms with Crippen molar-refractivity contribution in [2.75, 3.05) is 7.11 Å². The van der Waals surface area contributed by atoms with Gasteiger partial charge in [-0.05, 0) is 42.5 Å². The lowest BCUT2D eigenvalue weighted by molar-refractivity contribution is 0.212. The van der Waals surface area contributed by atoms with Crippen molar-refractivity contribution in [1.29, 1.82) is 0 Å². The van der Waals surface area contributed by atoms with Gasteiger partial charge in [0.2, 0.25) is 0 Å². The van der Waals surface area contributed by atoms with Gasteiger partial charge in [-0.25, -0.2) is 4.68 Å². The Morgan fingerprint density at radius 2 is 1.59 bits per heavy atom. The Bertz CT molecular complexity index is 939. The highest BCUT2D eigenvalue weighted by atomic mass is 16.2. The lowest BCUT2D eigenvalue weighted by Crippen LogP contribution is -2.28. The van der Waals surface area contributed by atoms with Crippen LogP contribution in [0.4, 0.5) is 0 Å². The molecule has 4 aromatic rings. The van der Waals surface area contributed by atoms with E-state index in [1.165, 1.54) is 43.0 Å². The lowest BCUT2D eigenvalue weighted by atomic mass is 9.86. The van der Waals surface area contributed by atoms with E-state index in [-0.39, 0.29) is 6.17 Å². The average Bonchev–Trinajstić information content (AvgIpc) is 3.36. The minimum Gasteiger partial charge on any atom is -0.400 e. The third kappa shape index (κ3) is 3.23. The number of aliphatic hydroxyl groups is 1. The Morgan fingerprint density at radius 1 is 0.889 bits per heavy atom. The van der Waals surface area contributed by atoms with Crippen LogP contribution >= 0.6 is 0 Å². The van der Waals surface area contributed by atoms with E-state index in [2.05, 4.69) is 68.2 Å². The summed E-state index contributed by atoms with van der Waals surface area (Å²) in [7, 11) is 1.00. The highest BCUT2D eigenvalue weighted by Gasteiger charge is 2.29. The summed E-state index contributed by atoms with van der Waals surface area (Å²) >= 11 is 0. The molecular formula is C22H26N4O. The van der Waals surface area contributed by atoms with Gasteiger partial charge >= 0.3 is 0 Å². The molecule has 1 fully saturated rings. The Labute approximate surface area is 159 Å². The van der Waals surface area contributed by atoms with E-state index in [0.717, 1.165) is 18.1 Å². The van der Waals surface area contributed by atoms with Gasteiger partial charge in [0.05, 0.1) is 5.52 Å². The largest absolute Gasteiger partial charge is 0.400 e. The molecule has 2 aromatic carbocycles. The molecule has 2 heterocycles. The topological polar surface area (TPSA) is 55.9 Å². The molecule has 5 rings (SSSR count). The molecule has 1 atom stereocenters. The SMILES string of the molecule is CO.c1ccc2c(c1)ccn2C(C1CCCCC1)n1nnc2ccccc21. The molecule has 1 saturated carbocycles. The van der Waals surface area contributed by atoms with Gasteiger partial charge < -0.3 is 9.67 Å². The number of aliphatic hydroxyl groups excluding tert-OH is 1. The van der Waals surface area contributed by atoms with Crippen molar-refractivity contribution in [3.63, 3.8) is 0 Å². The van der Waals surface area contributed by atoms with Gasteiger partial charge in [0, 0.05) is 24.7 Å². The Kier molecular flexibility index (Phi) is 5.21. The van der Waals surface area contributed by atoms with E-state index < -0.39 is 0 Å². The van der Waals surface area contributed by atoms with Crippen LogP contribution in [0.3, 0.4) is 0 Å². The van der Waals surface area contributed by atoms with E-state index in [1.54, 1.807) is 0 Å². The number of aromatic nitrogens is 4. The number of hydrogen-bond acceptors (Lipinski definition) is 3. The van der Waals surface area contributed by atoms with E-state index in [1.807, 2.05) is 12.1 Å². The van der Waals surface area contributed by atoms with Crippen molar-refractivity contribution in [3.05, 3.63) is 60.8 Å². The van der Waals surface area contributed by atoms with Crippen molar-refractivity contribution in [3.8, 4) is 0 Å². The molecule has 1 unspecified atom stereocenters. The number of nitrogens with zero attached hydrogens (tertiary/aromatic N) is 4. The first kappa shape index (κ1) is 17.7. The second kappa shape index (κ2) is 7.92. The monoisotopic (exact) mass is 362 g/mol. The van der Waals surface area contributed by atoms with Gasteiger partial charge in [-0.1, -0.05) is 54.8 Å². The molecule has 5 nitrogen and oxygen atoms in total. The quantitative estimate of drug-likeness (QED) is 0.578. The molecular weight excluding hydrogens is 336 g/mol. The van der Waals surface area contributed by atoms with Crippen LogP contribution < -0.4 is 0 Å². The molecule has 5 heteroatoms. The fourth-order valence-electron chi connectivity index (χ4n) is 4.39. The second-order valence-corrected chi connectivity index (χ2v) is 7.12. The number of para-hydroxylation sites is 2. The molecule has 1 aliphatic carbocycles. The van der Waals surface area contributed by atoms with E-state index in [4.69, 9.17) is 5.11 Å². The first-order chi connectivity index (χ1) is 13.4. The minimum absolute atomic E-state index is 0.188. The highest BCUT2D eigenvalue weighted by molar-refractivity contribution is 5.80. The fraction of sp³-hybridized carbons (Fsp3) is 0.364. The number of rotatable bonds is 3. The predicted octanol–water partition coefficient (Wildman–Crippen LogP) is 4.62. The van der Waals surface area contributed by atoms with Gasteiger partial charge in [0.15, 0.2) is 0 Å². The highest BCUT2D eigenvalue weighted by Crippen LogP contribution is 2.36. The molecule has 27 heavy (non-hydrogen) atoms. The van der Waals surface area contributed by atoms with Gasteiger partial charge in [-0.2, -0.15) is 0 Å². The zero-order valence-electron chi connectivity index (χ0n) is 15.7. The van der Waals surface area contributed by atoms with Crippen molar-refractivity contribution >= 4 is 21.9 Å². The second-order valence-electron chi connectivity index (χ2n) is 7.12. The first-order valence-corrected chi connectivity index (χ1v) is 9.72. The van der Waals surface area contributed by atoms with Crippen molar-refractivity contribution < 1.29 is 5.11 Å².